The monoisotopic (exact) mass is 230 g/mol. The molecule has 4 nitrogen and oxygen atoms in total. The van der Waals surface area contributed by atoms with Crippen molar-refractivity contribution in [1.29, 1.82) is 0 Å². The highest BCUT2D eigenvalue weighted by Crippen LogP contribution is 2.17. The van der Waals surface area contributed by atoms with Crippen LogP contribution in [0.4, 0.5) is 0 Å². The molecule has 0 saturated carbocycles. The van der Waals surface area contributed by atoms with Crippen LogP contribution in [-0.2, 0) is 9.47 Å². The molecule has 1 aliphatic heterocycles. The van der Waals surface area contributed by atoms with Gasteiger partial charge in [-0.25, -0.2) is 0 Å². The highest BCUT2D eigenvalue weighted by atomic mass is 16.7. The average molecular weight is 230 g/mol. The highest BCUT2D eigenvalue weighted by Gasteiger charge is 2.28. The van der Waals surface area contributed by atoms with Gasteiger partial charge in [-0.15, -0.1) is 0 Å². The predicted octanol–water partition coefficient (Wildman–Crippen LogP) is 1.07. The van der Waals surface area contributed by atoms with Crippen LogP contribution in [-0.4, -0.2) is 56.6 Å². The van der Waals surface area contributed by atoms with Crippen molar-refractivity contribution in [3.8, 4) is 0 Å². The van der Waals surface area contributed by atoms with Crippen LogP contribution in [0.25, 0.3) is 0 Å². The Morgan fingerprint density at radius 1 is 1.31 bits per heavy atom. The number of nitrogens with one attached hydrogen (secondary N) is 1. The molecule has 4 heteroatoms. The van der Waals surface area contributed by atoms with Crippen molar-refractivity contribution in [2.24, 2.45) is 0 Å². The van der Waals surface area contributed by atoms with Gasteiger partial charge in [-0.05, 0) is 47.8 Å². The van der Waals surface area contributed by atoms with Crippen molar-refractivity contribution in [3.63, 3.8) is 0 Å². The molecule has 0 aromatic rings. The summed E-state index contributed by atoms with van der Waals surface area (Å²) in [6, 6.07) is 0.825. The zero-order valence-electron chi connectivity index (χ0n) is 11.2. The first kappa shape index (κ1) is 13.9. The molecule has 1 atom stereocenters. The third kappa shape index (κ3) is 5.25. The second-order valence-corrected chi connectivity index (χ2v) is 5.38. The summed E-state index contributed by atoms with van der Waals surface area (Å²) in [6.07, 6.45) is 1.15. The average Bonchev–Trinajstić information content (AvgIpc) is 2.18. The fourth-order valence-corrected chi connectivity index (χ4v) is 1.73. The third-order valence-electron chi connectivity index (χ3n) is 2.79. The first-order valence-corrected chi connectivity index (χ1v) is 6.08. The van der Waals surface area contributed by atoms with Crippen LogP contribution in [0, 0.1) is 0 Å². The molecular formula is C12H26N2O2. The van der Waals surface area contributed by atoms with Crippen LogP contribution < -0.4 is 5.32 Å². The second kappa shape index (κ2) is 5.96. The Hall–Kier alpha value is -0.160. The zero-order valence-corrected chi connectivity index (χ0v) is 11.2. The molecule has 1 unspecified atom stereocenters. The predicted molar refractivity (Wildman–Crippen MR) is 65.5 cm³/mol. The summed E-state index contributed by atoms with van der Waals surface area (Å²) in [5, 5.41) is 3.54. The second-order valence-electron chi connectivity index (χ2n) is 5.38. The minimum atomic E-state index is -0.412. The van der Waals surface area contributed by atoms with E-state index in [-0.39, 0.29) is 0 Å². The molecule has 1 rings (SSSR count). The van der Waals surface area contributed by atoms with E-state index in [0.717, 1.165) is 26.2 Å². The van der Waals surface area contributed by atoms with Gasteiger partial charge < -0.3 is 19.7 Å². The lowest BCUT2D eigenvalue weighted by Crippen LogP contribution is -2.51. The van der Waals surface area contributed by atoms with Crippen molar-refractivity contribution < 1.29 is 9.47 Å². The van der Waals surface area contributed by atoms with Crippen LogP contribution in [0.5, 0.6) is 0 Å². The van der Waals surface area contributed by atoms with Crippen molar-refractivity contribution in [1.82, 2.24) is 10.2 Å². The molecule has 0 radical (unpaired) electrons. The maximum Gasteiger partial charge on any atom is 0.162 e. The van der Waals surface area contributed by atoms with Gasteiger partial charge in [0.1, 0.15) is 0 Å². The van der Waals surface area contributed by atoms with E-state index in [1.54, 1.807) is 0 Å². The zero-order chi connectivity index (χ0) is 12.2. The quantitative estimate of drug-likeness (QED) is 0.766. The SMILES string of the molecule is CC(CCN(C)C)NC1COC(C)(C)OC1. The Morgan fingerprint density at radius 3 is 2.38 bits per heavy atom. The molecule has 0 aromatic heterocycles. The summed E-state index contributed by atoms with van der Waals surface area (Å²) < 4.78 is 11.2. The molecule has 1 N–H and O–H groups in total. The van der Waals surface area contributed by atoms with Crippen LogP contribution in [0.3, 0.4) is 0 Å². The molecule has 0 aliphatic carbocycles. The molecule has 1 fully saturated rings. The molecule has 96 valence electrons. The Bertz CT molecular complexity index is 197. The Labute approximate surface area is 99.3 Å². The maximum atomic E-state index is 5.61. The van der Waals surface area contributed by atoms with Crippen molar-refractivity contribution in [2.45, 2.75) is 45.1 Å². The van der Waals surface area contributed by atoms with Gasteiger partial charge >= 0.3 is 0 Å². The lowest BCUT2D eigenvalue weighted by Gasteiger charge is -2.36. The van der Waals surface area contributed by atoms with Gasteiger partial charge in [0.25, 0.3) is 0 Å². The summed E-state index contributed by atoms with van der Waals surface area (Å²) in [5.74, 6) is -0.412. The van der Waals surface area contributed by atoms with E-state index >= 15 is 0 Å². The smallest absolute Gasteiger partial charge is 0.162 e. The van der Waals surface area contributed by atoms with Gasteiger partial charge in [0, 0.05) is 6.04 Å². The first-order chi connectivity index (χ1) is 7.39. The van der Waals surface area contributed by atoms with Gasteiger partial charge in [-0.2, -0.15) is 0 Å². The Morgan fingerprint density at radius 2 is 1.88 bits per heavy atom. The first-order valence-electron chi connectivity index (χ1n) is 6.08. The number of hydrogen-bond acceptors (Lipinski definition) is 4. The molecule has 1 aliphatic rings. The lowest BCUT2D eigenvalue weighted by molar-refractivity contribution is -0.253. The number of rotatable bonds is 5. The summed E-state index contributed by atoms with van der Waals surface area (Å²) in [5.41, 5.74) is 0. The van der Waals surface area contributed by atoms with E-state index < -0.39 is 5.79 Å². The lowest BCUT2D eigenvalue weighted by atomic mass is 10.2. The number of hydrogen-bond donors (Lipinski definition) is 1. The fourth-order valence-electron chi connectivity index (χ4n) is 1.73. The standard InChI is InChI=1S/C12H26N2O2/c1-10(6-7-14(4)5)13-11-8-15-12(2,3)16-9-11/h10-11,13H,6-9H2,1-5H3. The van der Waals surface area contributed by atoms with E-state index in [9.17, 15) is 0 Å². The topological polar surface area (TPSA) is 33.7 Å². The van der Waals surface area contributed by atoms with Gasteiger partial charge in [-0.1, -0.05) is 0 Å². The molecule has 16 heavy (non-hydrogen) atoms. The summed E-state index contributed by atoms with van der Waals surface area (Å²) >= 11 is 0. The summed E-state index contributed by atoms with van der Waals surface area (Å²) in [7, 11) is 4.20. The highest BCUT2D eigenvalue weighted by molar-refractivity contribution is 4.76. The summed E-state index contributed by atoms with van der Waals surface area (Å²) in [6.45, 7) is 8.70. The molecule has 0 amide bonds. The van der Waals surface area contributed by atoms with Gasteiger partial charge in [0.15, 0.2) is 5.79 Å². The maximum absolute atomic E-state index is 5.61. The molecule has 0 spiro atoms. The van der Waals surface area contributed by atoms with Crippen LogP contribution in [0.2, 0.25) is 0 Å². The summed E-state index contributed by atoms with van der Waals surface area (Å²) in [4.78, 5) is 2.20. The van der Waals surface area contributed by atoms with E-state index in [0.29, 0.717) is 12.1 Å². The van der Waals surface area contributed by atoms with E-state index in [1.165, 1.54) is 0 Å². The van der Waals surface area contributed by atoms with E-state index in [2.05, 4.69) is 31.2 Å². The Kier molecular flexibility index (Phi) is 5.18. The van der Waals surface area contributed by atoms with Crippen molar-refractivity contribution in [2.75, 3.05) is 33.9 Å². The normalized spacial score (nSPS) is 23.6. The van der Waals surface area contributed by atoms with Crippen LogP contribution >= 0.6 is 0 Å². The number of nitrogens with zero attached hydrogens (tertiary/aromatic N) is 1. The molecule has 0 aromatic carbocycles. The molecular weight excluding hydrogens is 204 g/mol. The Balaban J connectivity index is 2.18. The largest absolute Gasteiger partial charge is 0.349 e. The van der Waals surface area contributed by atoms with Crippen LogP contribution in [0.15, 0.2) is 0 Å². The van der Waals surface area contributed by atoms with Crippen molar-refractivity contribution >= 4 is 0 Å². The van der Waals surface area contributed by atoms with Crippen LogP contribution in [0.1, 0.15) is 27.2 Å². The third-order valence-corrected chi connectivity index (χ3v) is 2.79. The van der Waals surface area contributed by atoms with Crippen molar-refractivity contribution in [3.05, 3.63) is 0 Å². The molecule has 1 saturated heterocycles. The number of ether oxygens (including phenoxy) is 2. The minimum absolute atomic E-state index is 0.324. The van der Waals surface area contributed by atoms with E-state index in [4.69, 9.17) is 9.47 Å². The van der Waals surface area contributed by atoms with Gasteiger partial charge in [0.2, 0.25) is 0 Å². The van der Waals surface area contributed by atoms with Gasteiger partial charge in [0.05, 0.1) is 19.3 Å². The van der Waals surface area contributed by atoms with Gasteiger partial charge in [-0.3, -0.25) is 0 Å². The minimum Gasteiger partial charge on any atom is -0.349 e. The van der Waals surface area contributed by atoms with E-state index in [1.807, 2.05) is 13.8 Å². The molecule has 0 bridgehead atoms. The fraction of sp³-hybridized carbons (Fsp3) is 1.00. The molecule has 1 heterocycles.